The number of phenols is 1. The van der Waals surface area contributed by atoms with E-state index >= 15 is 0 Å². The molecule has 20 heavy (non-hydrogen) atoms. The van der Waals surface area contributed by atoms with E-state index in [-0.39, 0.29) is 17.7 Å². The van der Waals surface area contributed by atoms with E-state index in [2.05, 4.69) is 25.8 Å². The lowest BCUT2D eigenvalue weighted by atomic mass is 9.95. The summed E-state index contributed by atoms with van der Waals surface area (Å²) < 4.78 is 0. The molecule has 1 aromatic carbocycles. The fourth-order valence-electron chi connectivity index (χ4n) is 3.05. The van der Waals surface area contributed by atoms with Gasteiger partial charge in [0.25, 0.3) is 5.91 Å². The topological polar surface area (TPSA) is 56.3 Å². The van der Waals surface area contributed by atoms with E-state index < -0.39 is 0 Å². The number of carbonyl (C=O) groups excluding carboxylic acids is 1. The molecule has 0 radical (unpaired) electrons. The highest BCUT2D eigenvalue weighted by Gasteiger charge is 2.36. The summed E-state index contributed by atoms with van der Waals surface area (Å²) in [5.74, 6) is 1.30. The van der Waals surface area contributed by atoms with Crippen LogP contribution in [0.1, 0.15) is 31.3 Å². The molecule has 4 heteroatoms. The number of likely N-dealkylation sites (tertiary alicyclic amines) is 1. The van der Waals surface area contributed by atoms with Crippen LogP contribution in [-0.2, 0) is 0 Å². The summed E-state index contributed by atoms with van der Waals surface area (Å²) in [4.78, 5) is 17.7. The second kappa shape index (κ2) is 4.54. The number of aromatic hydroxyl groups is 1. The Kier molecular flexibility index (Phi) is 2.96. The molecule has 3 rings (SSSR count). The average molecular weight is 272 g/mol. The first-order valence-corrected chi connectivity index (χ1v) is 7.10. The number of aromatic amines is 1. The number of carbonyl (C=O) groups is 1. The highest BCUT2D eigenvalue weighted by Crippen LogP contribution is 2.30. The van der Waals surface area contributed by atoms with Gasteiger partial charge in [0, 0.05) is 29.6 Å². The Balaban J connectivity index is 1.93. The Labute approximate surface area is 118 Å². The van der Waals surface area contributed by atoms with E-state index in [1.54, 1.807) is 12.1 Å². The number of phenolic OH excluding ortho intramolecular Hbond substituents is 1. The SMILES string of the molecule is CC1CN(C(=O)c2cc3ccc(O)cc3[nH]2)C(C)C1C. The van der Waals surface area contributed by atoms with Gasteiger partial charge in [-0.3, -0.25) is 4.79 Å². The molecule has 0 spiro atoms. The van der Waals surface area contributed by atoms with Crippen LogP contribution < -0.4 is 0 Å². The summed E-state index contributed by atoms with van der Waals surface area (Å²) in [7, 11) is 0. The van der Waals surface area contributed by atoms with Crippen molar-refractivity contribution in [1.82, 2.24) is 9.88 Å². The van der Waals surface area contributed by atoms with E-state index in [1.165, 1.54) is 0 Å². The molecule has 2 N–H and O–H groups in total. The Bertz CT molecular complexity index is 662. The zero-order valence-electron chi connectivity index (χ0n) is 12.1. The van der Waals surface area contributed by atoms with Crippen LogP contribution in [0.2, 0.25) is 0 Å². The van der Waals surface area contributed by atoms with Crippen molar-refractivity contribution < 1.29 is 9.90 Å². The molecule has 1 aromatic heterocycles. The minimum absolute atomic E-state index is 0.0457. The molecular formula is C16H20N2O2. The second-order valence-electron chi connectivity index (χ2n) is 5.99. The number of nitrogens with one attached hydrogen (secondary N) is 1. The van der Waals surface area contributed by atoms with E-state index in [1.807, 2.05) is 17.0 Å². The molecule has 0 aliphatic carbocycles. The summed E-state index contributed by atoms with van der Waals surface area (Å²) in [5.41, 5.74) is 1.39. The molecule has 2 heterocycles. The van der Waals surface area contributed by atoms with Gasteiger partial charge in [0.15, 0.2) is 0 Å². The summed E-state index contributed by atoms with van der Waals surface area (Å²) in [5, 5.41) is 10.4. The van der Waals surface area contributed by atoms with E-state index in [4.69, 9.17) is 0 Å². The number of fused-ring (bicyclic) bond motifs is 1. The first-order valence-electron chi connectivity index (χ1n) is 7.10. The Morgan fingerprint density at radius 3 is 2.70 bits per heavy atom. The quantitative estimate of drug-likeness (QED) is 0.838. The minimum Gasteiger partial charge on any atom is -0.508 e. The predicted octanol–water partition coefficient (Wildman–Crippen LogP) is 2.99. The van der Waals surface area contributed by atoms with Gasteiger partial charge in [-0.15, -0.1) is 0 Å². The Morgan fingerprint density at radius 1 is 1.30 bits per heavy atom. The number of nitrogens with zero attached hydrogens (tertiary/aromatic N) is 1. The average Bonchev–Trinajstić information content (AvgIpc) is 2.94. The molecule has 1 saturated heterocycles. The maximum atomic E-state index is 12.6. The van der Waals surface area contributed by atoms with Crippen LogP contribution >= 0.6 is 0 Å². The maximum absolute atomic E-state index is 12.6. The smallest absolute Gasteiger partial charge is 0.270 e. The molecule has 4 nitrogen and oxygen atoms in total. The van der Waals surface area contributed by atoms with Crippen molar-refractivity contribution in [3.63, 3.8) is 0 Å². The van der Waals surface area contributed by atoms with Crippen molar-refractivity contribution in [2.45, 2.75) is 26.8 Å². The van der Waals surface area contributed by atoms with Crippen LogP contribution in [0.15, 0.2) is 24.3 Å². The number of H-pyrrole nitrogens is 1. The van der Waals surface area contributed by atoms with Gasteiger partial charge in [-0.25, -0.2) is 0 Å². The number of hydrogen-bond donors (Lipinski definition) is 2. The second-order valence-corrected chi connectivity index (χ2v) is 5.99. The van der Waals surface area contributed by atoms with Gasteiger partial charge in [-0.2, -0.15) is 0 Å². The third kappa shape index (κ3) is 1.96. The fraction of sp³-hybridized carbons (Fsp3) is 0.438. The highest BCUT2D eigenvalue weighted by molar-refractivity contribution is 5.98. The van der Waals surface area contributed by atoms with Gasteiger partial charge >= 0.3 is 0 Å². The lowest BCUT2D eigenvalue weighted by Crippen LogP contribution is -2.35. The van der Waals surface area contributed by atoms with Crippen molar-refractivity contribution in [2.24, 2.45) is 11.8 Å². The standard InChI is InChI=1S/C16H20N2O2/c1-9-8-18(11(3)10(9)2)16(20)15-6-12-4-5-13(19)7-14(12)17-15/h4-7,9-11,17,19H,8H2,1-3H3. The first-order chi connectivity index (χ1) is 9.47. The van der Waals surface area contributed by atoms with Crippen LogP contribution in [0.25, 0.3) is 10.9 Å². The molecule has 0 saturated carbocycles. The third-order valence-electron chi connectivity index (χ3n) is 4.73. The van der Waals surface area contributed by atoms with Crippen LogP contribution in [0, 0.1) is 11.8 Å². The van der Waals surface area contributed by atoms with Crippen molar-refractivity contribution in [1.29, 1.82) is 0 Å². The number of hydrogen-bond acceptors (Lipinski definition) is 2. The molecule has 0 bridgehead atoms. The molecule has 3 unspecified atom stereocenters. The summed E-state index contributed by atoms with van der Waals surface area (Å²) in [6, 6.07) is 7.21. The van der Waals surface area contributed by atoms with E-state index in [9.17, 15) is 9.90 Å². The number of aromatic nitrogens is 1. The van der Waals surface area contributed by atoms with E-state index in [0.29, 0.717) is 17.5 Å². The van der Waals surface area contributed by atoms with Gasteiger partial charge in [-0.1, -0.05) is 13.8 Å². The van der Waals surface area contributed by atoms with Crippen LogP contribution in [0.3, 0.4) is 0 Å². The van der Waals surface area contributed by atoms with Gasteiger partial charge in [-0.05, 0) is 37.0 Å². The normalized spacial score (nSPS) is 26.4. The lowest BCUT2D eigenvalue weighted by Gasteiger charge is -2.22. The minimum atomic E-state index is 0.0457. The van der Waals surface area contributed by atoms with Crippen molar-refractivity contribution >= 4 is 16.8 Å². The van der Waals surface area contributed by atoms with Gasteiger partial charge < -0.3 is 15.0 Å². The van der Waals surface area contributed by atoms with Gasteiger partial charge in [0.05, 0.1) is 0 Å². The molecule has 1 aliphatic rings. The zero-order valence-corrected chi connectivity index (χ0v) is 12.1. The number of rotatable bonds is 1. The monoisotopic (exact) mass is 272 g/mol. The molecule has 3 atom stereocenters. The maximum Gasteiger partial charge on any atom is 0.270 e. The molecular weight excluding hydrogens is 252 g/mol. The molecule has 106 valence electrons. The zero-order chi connectivity index (χ0) is 14.4. The summed E-state index contributed by atoms with van der Waals surface area (Å²) >= 11 is 0. The molecule has 1 amide bonds. The largest absolute Gasteiger partial charge is 0.508 e. The lowest BCUT2D eigenvalue weighted by molar-refractivity contribution is 0.0728. The fourth-order valence-corrected chi connectivity index (χ4v) is 3.05. The number of benzene rings is 1. The Hall–Kier alpha value is -1.97. The molecule has 1 aliphatic heterocycles. The Morgan fingerprint density at radius 2 is 2.05 bits per heavy atom. The molecule has 2 aromatic rings. The number of amides is 1. The van der Waals surface area contributed by atoms with Gasteiger partial charge in [0.1, 0.15) is 11.4 Å². The van der Waals surface area contributed by atoms with Crippen LogP contribution in [0.4, 0.5) is 0 Å². The van der Waals surface area contributed by atoms with Crippen molar-refractivity contribution in [3.8, 4) is 5.75 Å². The summed E-state index contributed by atoms with van der Waals surface area (Å²) in [6.45, 7) is 7.31. The van der Waals surface area contributed by atoms with E-state index in [0.717, 1.165) is 17.4 Å². The van der Waals surface area contributed by atoms with Crippen molar-refractivity contribution in [3.05, 3.63) is 30.0 Å². The van der Waals surface area contributed by atoms with Crippen LogP contribution in [-0.4, -0.2) is 33.5 Å². The predicted molar refractivity (Wildman–Crippen MR) is 78.8 cm³/mol. The van der Waals surface area contributed by atoms with Crippen molar-refractivity contribution in [2.75, 3.05) is 6.54 Å². The first kappa shape index (κ1) is 13.0. The summed E-state index contributed by atoms with van der Waals surface area (Å²) in [6.07, 6.45) is 0. The highest BCUT2D eigenvalue weighted by atomic mass is 16.3. The van der Waals surface area contributed by atoms with Gasteiger partial charge in [0.2, 0.25) is 0 Å². The molecule has 1 fully saturated rings. The third-order valence-corrected chi connectivity index (χ3v) is 4.73. The van der Waals surface area contributed by atoms with Crippen LogP contribution in [0.5, 0.6) is 5.75 Å².